The number of esters is 1. The topological polar surface area (TPSA) is 111 Å². The number of hydrazine groups is 1. The molecule has 5 aliphatic rings. The number of amides is 2. The summed E-state index contributed by atoms with van der Waals surface area (Å²) in [7, 11) is 0. The maximum absolute atomic E-state index is 13.8. The van der Waals surface area contributed by atoms with Crippen LogP contribution in [0.15, 0.2) is 54.4 Å². The number of urea groups is 1. The minimum Gasteiger partial charge on any atom is -0.461 e. The number of para-hydroxylation sites is 1. The van der Waals surface area contributed by atoms with Crippen molar-refractivity contribution in [3.8, 4) is 0 Å². The van der Waals surface area contributed by atoms with Gasteiger partial charge >= 0.3 is 12.0 Å². The lowest BCUT2D eigenvalue weighted by Crippen LogP contribution is -2.69. The third kappa shape index (κ3) is 3.58. The van der Waals surface area contributed by atoms with Gasteiger partial charge in [0.1, 0.15) is 29.5 Å². The third-order valence-corrected chi connectivity index (χ3v) is 11.6. The number of carbonyl (C=O) groups is 3. The van der Waals surface area contributed by atoms with Gasteiger partial charge in [0.2, 0.25) is 0 Å². The van der Waals surface area contributed by atoms with Gasteiger partial charge in [0.05, 0.1) is 18.8 Å². The molecule has 0 spiro atoms. The highest BCUT2D eigenvalue weighted by atomic mass is 35.5. The van der Waals surface area contributed by atoms with Gasteiger partial charge in [-0.05, 0) is 61.1 Å². The third-order valence-electron chi connectivity index (χ3n) is 11.4. The Balaban J connectivity index is 1.41. The summed E-state index contributed by atoms with van der Waals surface area (Å²) in [6.45, 7) is 10.8. The van der Waals surface area contributed by atoms with E-state index in [1.165, 1.54) is 0 Å². The minimum absolute atomic E-state index is 0.153. The molecule has 2 bridgehead atoms. The summed E-state index contributed by atoms with van der Waals surface area (Å²) in [5.74, 6) is -1.56. The van der Waals surface area contributed by atoms with Crippen LogP contribution in [-0.2, 0) is 14.3 Å². The summed E-state index contributed by atoms with van der Waals surface area (Å²) in [5, 5.41) is 27.1. The van der Waals surface area contributed by atoms with E-state index in [2.05, 4.69) is 13.5 Å². The van der Waals surface area contributed by atoms with Crippen molar-refractivity contribution in [3.05, 3.63) is 54.4 Å². The SMILES string of the molecule is C=C1N(c2ccccc2)C(=O)N2CC=C([C@@H]3C[C@@H](OC(=O)CCl)[C@]4(C)[C@H](C)CC[C@]5(C[C@H](O)C(=O)[C@]54O)[C@H]3C)CN12. The normalized spacial score (nSPS) is 40.2. The highest BCUT2D eigenvalue weighted by Crippen LogP contribution is 2.70. The first-order valence-electron chi connectivity index (χ1n) is 14.4. The summed E-state index contributed by atoms with van der Waals surface area (Å²) in [4.78, 5) is 41.4. The molecule has 3 saturated carbocycles. The molecule has 220 valence electrons. The number of ketones is 1. The number of fused-ring (bicyclic) bond motifs is 1. The molecule has 8 atom stereocenters. The van der Waals surface area contributed by atoms with Crippen LogP contribution in [0.25, 0.3) is 0 Å². The lowest BCUT2D eigenvalue weighted by atomic mass is 9.46. The molecule has 0 aromatic heterocycles. The lowest BCUT2D eigenvalue weighted by molar-refractivity contribution is -0.234. The van der Waals surface area contributed by atoms with E-state index in [-0.39, 0.29) is 36.1 Å². The van der Waals surface area contributed by atoms with E-state index in [1.807, 2.05) is 55.3 Å². The number of aliphatic hydroxyl groups excluding tert-OH is 1. The number of benzene rings is 1. The van der Waals surface area contributed by atoms with Gasteiger partial charge in [0.15, 0.2) is 5.78 Å². The van der Waals surface area contributed by atoms with Crippen LogP contribution in [0.4, 0.5) is 10.5 Å². The van der Waals surface area contributed by atoms with Gasteiger partial charge < -0.3 is 14.9 Å². The van der Waals surface area contributed by atoms with Gasteiger partial charge in [0, 0.05) is 10.8 Å². The van der Waals surface area contributed by atoms with Gasteiger partial charge in [-0.25, -0.2) is 14.7 Å². The maximum Gasteiger partial charge on any atom is 0.349 e. The van der Waals surface area contributed by atoms with Gasteiger partial charge in [0.25, 0.3) is 0 Å². The quantitative estimate of drug-likeness (QED) is 0.315. The molecule has 0 radical (unpaired) electrons. The van der Waals surface area contributed by atoms with Crippen molar-refractivity contribution >= 4 is 35.1 Å². The predicted molar refractivity (Wildman–Crippen MR) is 152 cm³/mol. The summed E-state index contributed by atoms with van der Waals surface area (Å²) < 4.78 is 6.01. The van der Waals surface area contributed by atoms with E-state index in [0.29, 0.717) is 31.8 Å². The minimum atomic E-state index is -1.87. The first-order valence-corrected chi connectivity index (χ1v) is 15.0. The number of aliphatic hydroxyl groups is 2. The zero-order valence-corrected chi connectivity index (χ0v) is 24.5. The Morgan fingerprint density at radius 2 is 1.90 bits per heavy atom. The van der Waals surface area contributed by atoms with Crippen molar-refractivity contribution < 1.29 is 29.3 Å². The highest BCUT2D eigenvalue weighted by molar-refractivity contribution is 6.26. The number of Topliss-reactive ketones (excluding diaryl/α,β-unsaturated/α-hetero) is 1. The first-order chi connectivity index (χ1) is 19.4. The van der Waals surface area contributed by atoms with Crippen molar-refractivity contribution in [2.45, 2.75) is 64.3 Å². The standard InChI is InChI=1S/C31H38ClN3O6/c1-18-10-12-30-15-24(36)27(38)31(30,40)29(18,4)25(41-26(37)16-32)14-23(19(30)2)21-11-13-33-28(39)35(20(3)34(33)17-21)22-8-6-5-7-9-22/h5-9,11,18-19,23-25,36,40H,3,10,12-17H2,1-2,4H3/t18-,19+,23-,24+,25-,29+,30+,31-/m1/s1. The fraction of sp³-hybridized carbons (Fsp3) is 0.581. The number of alkyl halides is 1. The van der Waals surface area contributed by atoms with E-state index in [1.54, 1.807) is 9.91 Å². The van der Waals surface area contributed by atoms with Crippen LogP contribution >= 0.6 is 11.6 Å². The van der Waals surface area contributed by atoms with E-state index in [0.717, 1.165) is 17.7 Å². The first kappa shape index (κ1) is 28.2. The molecule has 3 aliphatic carbocycles. The second-order valence-corrected chi connectivity index (χ2v) is 13.0. The summed E-state index contributed by atoms with van der Waals surface area (Å²) >= 11 is 5.88. The molecule has 0 unspecified atom stereocenters. The number of ether oxygens (including phenoxy) is 1. The summed E-state index contributed by atoms with van der Waals surface area (Å²) in [6, 6.07) is 9.19. The molecule has 6 rings (SSSR count). The summed E-state index contributed by atoms with van der Waals surface area (Å²) in [5.41, 5.74) is -2.14. The fourth-order valence-electron chi connectivity index (χ4n) is 8.96. The molecule has 9 nitrogen and oxygen atoms in total. The molecule has 4 fully saturated rings. The zero-order valence-electron chi connectivity index (χ0n) is 23.8. The second-order valence-electron chi connectivity index (χ2n) is 12.7. The average Bonchev–Trinajstić information content (AvgIpc) is 3.34. The molecule has 2 N–H and O–H groups in total. The number of hydrogen-bond donors (Lipinski definition) is 2. The van der Waals surface area contributed by atoms with Crippen LogP contribution < -0.4 is 4.90 Å². The number of carbonyl (C=O) groups excluding carboxylic acids is 3. The van der Waals surface area contributed by atoms with Crippen molar-refractivity contribution in [2.75, 3.05) is 23.9 Å². The molecule has 2 amide bonds. The number of rotatable bonds is 4. The van der Waals surface area contributed by atoms with Crippen molar-refractivity contribution in [1.82, 2.24) is 10.0 Å². The second kappa shape index (κ2) is 9.57. The Morgan fingerprint density at radius 3 is 2.59 bits per heavy atom. The number of nitrogens with zero attached hydrogens (tertiary/aromatic N) is 3. The zero-order chi connectivity index (χ0) is 29.5. The van der Waals surface area contributed by atoms with Gasteiger partial charge in [-0.15, -0.1) is 11.6 Å². The van der Waals surface area contributed by atoms with Crippen molar-refractivity contribution in [1.29, 1.82) is 0 Å². The van der Waals surface area contributed by atoms with Gasteiger partial charge in [-0.2, -0.15) is 0 Å². The Labute approximate surface area is 245 Å². The average molecular weight is 584 g/mol. The number of halogens is 1. The largest absolute Gasteiger partial charge is 0.461 e. The monoisotopic (exact) mass is 583 g/mol. The fourth-order valence-corrected chi connectivity index (χ4v) is 9.02. The molecule has 41 heavy (non-hydrogen) atoms. The Bertz CT molecular complexity index is 1340. The highest BCUT2D eigenvalue weighted by Gasteiger charge is 2.78. The Morgan fingerprint density at radius 1 is 1.20 bits per heavy atom. The van der Waals surface area contributed by atoms with Crippen LogP contribution in [0.1, 0.15) is 46.5 Å². The van der Waals surface area contributed by atoms with E-state index in [4.69, 9.17) is 16.3 Å². The molecule has 2 aliphatic heterocycles. The lowest BCUT2D eigenvalue weighted by Gasteiger charge is -2.60. The van der Waals surface area contributed by atoms with Crippen LogP contribution in [-0.4, -0.2) is 74.8 Å². The Kier molecular flexibility index (Phi) is 6.60. The van der Waals surface area contributed by atoms with Crippen LogP contribution in [0.5, 0.6) is 0 Å². The van der Waals surface area contributed by atoms with E-state index < -0.39 is 40.4 Å². The van der Waals surface area contributed by atoms with E-state index >= 15 is 0 Å². The molecular formula is C31H38ClN3O6. The van der Waals surface area contributed by atoms with Crippen molar-refractivity contribution in [3.63, 3.8) is 0 Å². The molecule has 2 heterocycles. The maximum atomic E-state index is 13.8. The number of hydrogen-bond acceptors (Lipinski definition) is 7. The Hall–Kier alpha value is -2.88. The molecule has 10 heteroatoms. The van der Waals surface area contributed by atoms with Crippen LogP contribution in [0.2, 0.25) is 0 Å². The van der Waals surface area contributed by atoms with Crippen molar-refractivity contribution in [2.24, 2.45) is 28.6 Å². The number of anilines is 1. The van der Waals surface area contributed by atoms with Crippen LogP contribution in [0.3, 0.4) is 0 Å². The summed E-state index contributed by atoms with van der Waals surface area (Å²) in [6.07, 6.45) is 1.80. The molecule has 1 aromatic carbocycles. The van der Waals surface area contributed by atoms with Crippen LogP contribution in [0, 0.1) is 28.6 Å². The van der Waals surface area contributed by atoms with E-state index in [9.17, 15) is 24.6 Å². The molecule has 1 saturated heterocycles. The molecule has 1 aromatic rings. The molecular weight excluding hydrogens is 546 g/mol. The van der Waals surface area contributed by atoms with Gasteiger partial charge in [-0.1, -0.05) is 51.6 Å². The van der Waals surface area contributed by atoms with Gasteiger partial charge in [-0.3, -0.25) is 14.6 Å². The predicted octanol–water partition coefficient (Wildman–Crippen LogP) is 3.85. The smallest absolute Gasteiger partial charge is 0.349 e.